The van der Waals surface area contributed by atoms with Crippen LogP contribution in [0.3, 0.4) is 0 Å². The monoisotopic (exact) mass is 249 g/mol. The second-order valence-corrected chi connectivity index (χ2v) is 5.06. The van der Waals surface area contributed by atoms with Gasteiger partial charge in [0.2, 0.25) is 0 Å². The van der Waals surface area contributed by atoms with E-state index < -0.39 is 0 Å². The molecule has 3 nitrogen and oxygen atoms in total. The van der Waals surface area contributed by atoms with Crippen molar-refractivity contribution >= 4 is 0 Å². The van der Waals surface area contributed by atoms with E-state index in [1.165, 1.54) is 31.2 Å². The first-order chi connectivity index (χ1) is 8.79. The molecule has 0 saturated heterocycles. The summed E-state index contributed by atoms with van der Waals surface area (Å²) < 4.78 is 5.36. The Bertz CT molecular complexity index is 361. The number of hydrogen-bond acceptors (Lipinski definition) is 3. The van der Waals surface area contributed by atoms with E-state index in [9.17, 15) is 0 Å². The first-order valence-electron chi connectivity index (χ1n) is 6.82. The Balaban J connectivity index is 1.80. The average molecular weight is 249 g/mol. The van der Waals surface area contributed by atoms with Crippen molar-refractivity contribution in [3.8, 4) is 5.75 Å². The van der Waals surface area contributed by atoms with E-state index in [0.29, 0.717) is 12.1 Å². The first-order valence-corrected chi connectivity index (χ1v) is 6.82. The minimum absolute atomic E-state index is 0.293. The van der Waals surface area contributed by atoms with Crippen molar-refractivity contribution < 1.29 is 9.57 Å². The van der Waals surface area contributed by atoms with E-state index in [2.05, 4.69) is 18.5 Å². The molecule has 0 bridgehead atoms. The van der Waals surface area contributed by atoms with Crippen LogP contribution in [0.5, 0.6) is 5.75 Å². The van der Waals surface area contributed by atoms with Gasteiger partial charge in [0, 0.05) is 6.04 Å². The van der Waals surface area contributed by atoms with Crippen LogP contribution < -0.4 is 10.2 Å². The Labute approximate surface area is 109 Å². The quantitative estimate of drug-likeness (QED) is 0.786. The minimum atomic E-state index is 0.293. The van der Waals surface area contributed by atoms with Crippen molar-refractivity contribution in [2.45, 2.75) is 51.2 Å². The number of methoxy groups -OCH3 is 1. The number of nitrogens with one attached hydrogen (secondary N) is 1. The second-order valence-electron chi connectivity index (χ2n) is 5.06. The summed E-state index contributed by atoms with van der Waals surface area (Å²) in [6.07, 6.45) is 6.30. The molecule has 0 aromatic heterocycles. The van der Waals surface area contributed by atoms with Crippen molar-refractivity contribution in [1.29, 1.82) is 0 Å². The van der Waals surface area contributed by atoms with Crippen LogP contribution in [0, 0.1) is 0 Å². The summed E-state index contributed by atoms with van der Waals surface area (Å²) in [6, 6.07) is 8.44. The average Bonchev–Trinajstić information content (AvgIpc) is 2.90. The van der Waals surface area contributed by atoms with Crippen molar-refractivity contribution in [2.75, 3.05) is 7.11 Å². The van der Waals surface area contributed by atoms with Gasteiger partial charge in [-0.05, 0) is 37.8 Å². The predicted molar refractivity (Wildman–Crippen MR) is 72.6 cm³/mol. The molecule has 0 amide bonds. The lowest BCUT2D eigenvalue weighted by atomic mass is 10.1. The predicted octanol–water partition coefficient (Wildman–Crippen LogP) is 3.09. The highest BCUT2D eigenvalue weighted by molar-refractivity contribution is 5.33. The topological polar surface area (TPSA) is 30.5 Å². The van der Waals surface area contributed by atoms with Gasteiger partial charge in [-0.3, -0.25) is 4.84 Å². The van der Waals surface area contributed by atoms with Crippen molar-refractivity contribution in [3.05, 3.63) is 29.8 Å². The molecule has 0 radical (unpaired) electrons. The van der Waals surface area contributed by atoms with Crippen LogP contribution in [0.4, 0.5) is 0 Å². The maximum atomic E-state index is 5.72. The van der Waals surface area contributed by atoms with Crippen molar-refractivity contribution in [3.63, 3.8) is 0 Å². The summed E-state index contributed by atoms with van der Waals surface area (Å²) in [5.74, 6) is 0.951. The Hall–Kier alpha value is -1.06. The number of benzene rings is 1. The Kier molecular flexibility index (Phi) is 5.02. The number of para-hydroxylation sites is 1. The Morgan fingerprint density at radius 2 is 2.00 bits per heavy atom. The molecule has 1 aromatic rings. The van der Waals surface area contributed by atoms with E-state index >= 15 is 0 Å². The zero-order valence-corrected chi connectivity index (χ0v) is 11.3. The minimum Gasteiger partial charge on any atom is -0.496 e. The molecule has 1 unspecified atom stereocenters. The fraction of sp³-hybridized carbons (Fsp3) is 0.600. The Morgan fingerprint density at radius 1 is 1.28 bits per heavy atom. The summed E-state index contributed by atoms with van der Waals surface area (Å²) in [7, 11) is 1.71. The summed E-state index contributed by atoms with van der Waals surface area (Å²) in [4.78, 5) is 5.72. The van der Waals surface area contributed by atoms with E-state index in [1.807, 2.05) is 18.2 Å². The maximum absolute atomic E-state index is 5.72. The zero-order valence-electron chi connectivity index (χ0n) is 11.3. The standard InChI is InChI=1S/C15H23NO2/c1-12(16-18-14-8-4-5-9-14)11-13-7-3-6-10-15(13)17-2/h3,6-7,10,12,14,16H,4-5,8-9,11H2,1-2H3. The third kappa shape index (κ3) is 3.72. The van der Waals surface area contributed by atoms with Gasteiger partial charge in [-0.1, -0.05) is 31.0 Å². The molecule has 1 aliphatic rings. The molecule has 0 spiro atoms. The molecule has 0 heterocycles. The lowest BCUT2D eigenvalue weighted by Crippen LogP contribution is -2.31. The largest absolute Gasteiger partial charge is 0.496 e. The van der Waals surface area contributed by atoms with Gasteiger partial charge in [-0.2, -0.15) is 5.48 Å². The Morgan fingerprint density at radius 3 is 2.72 bits per heavy atom. The van der Waals surface area contributed by atoms with Crippen molar-refractivity contribution in [1.82, 2.24) is 5.48 Å². The van der Waals surface area contributed by atoms with Gasteiger partial charge >= 0.3 is 0 Å². The second kappa shape index (κ2) is 6.76. The van der Waals surface area contributed by atoms with E-state index in [-0.39, 0.29) is 0 Å². The van der Waals surface area contributed by atoms with Gasteiger partial charge in [-0.25, -0.2) is 0 Å². The first kappa shape index (κ1) is 13.4. The molecule has 2 rings (SSSR count). The third-order valence-corrected chi connectivity index (χ3v) is 3.46. The summed E-state index contributed by atoms with van der Waals surface area (Å²) in [5, 5.41) is 0. The van der Waals surface area contributed by atoms with Gasteiger partial charge in [0.1, 0.15) is 5.75 Å². The van der Waals surface area contributed by atoms with Crippen LogP contribution in [0.1, 0.15) is 38.2 Å². The number of hydroxylamine groups is 1. The molecule has 1 saturated carbocycles. The number of rotatable bonds is 6. The summed E-state index contributed by atoms with van der Waals surface area (Å²) in [6.45, 7) is 2.14. The molecule has 18 heavy (non-hydrogen) atoms. The van der Waals surface area contributed by atoms with Gasteiger partial charge in [0.15, 0.2) is 0 Å². The normalized spacial score (nSPS) is 17.9. The molecule has 0 aliphatic heterocycles. The lowest BCUT2D eigenvalue weighted by Gasteiger charge is -2.18. The van der Waals surface area contributed by atoms with Crippen LogP contribution in [0.2, 0.25) is 0 Å². The zero-order chi connectivity index (χ0) is 12.8. The summed E-state index contributed by atoms with van der Waals surface area (Å²) in [5.41, 5.74) is 4.39. The van der Waals surface area contributed by atoms with E-state index in [0.717, 1.165) is 12.2 Å². The van der Waals surface area contributed by atoms with Crippen molar-refractivity contribution in [2.24, 2.45) is 0 Å². The number of hydrogen-bond donors (Lipinski definition) is 1. The van der Waals surface area contributed by atoms with Gasteiger partial charge in [0.05, 0.1) is 13.2 Å². The van der Waals surface area contributed by atoms with Crippen LogP contribution in [0.25, 0.3) is 0 Å². The van der Waals surface area contributed by atoms with E-state index in [4.69, 9.17) is 9.57 Å². The fourth-order valence-corrected chi connectivity index (χ4v) is 2.46. The molecule has 3 heteroatoms. The van der Waals surface area contributed by atoms with E-state index in [1.54, 1.807) is 7.11 Å². The van der Waals surface area contributed by atoms with Gasteiger partial charge in [0.25, 0.3) is 0 Å². The molecule has 1 fully saturated rings. The van der Waals surface area contributed by atoms with Crippen LogP contribution in [0.15, 0.2) is 24.3 Å². The molecule has 1 aliphatic carbocycles. The molecule has 1 N–H and O–H groups in total. The van der Waals surface area contributed by atoms with Crippen LogP contribution in [-0.4, -0.2) is 19.3 Å². The summed E-state index contributed by atoms with van der Waals surface area (Å²) >= 11 is 0. The fourth-order valence-electron chi connectivity index (χ4n) is 2.46. The highest BCUT2D eigenvalue weighted by Crippen LogP contribution is 2.21. The molecular formula is C15H23NO2. The molecule has 1 atom stereocenters. The maximum Gasteiger partial charge on any atom is 0.122 e. The van der Waals surface area contributed by atoms with Crippen LogP contribution >= 0.6 is 0 Å². The van der Waals surface area contributed by atoms with Gasteiger partial charge in [-0.15, -0.1) is 0 Å². The highest BCUT2D eigenvalue weighted by atomic mass is 16.7. The lowest BCUT2D eigenvalue weighted by molar-refractivity contribution is -0.0369. The highest BCUT2D eigenvalue weighted by Gasteiger charge is 2.17. The number of ether oxygens (including phenoxy) is 1. The molecule has 100 valence electrons. The SMILES string of the molecule is COc1ccccc1CC(C)NOC1CCCC1. The van der Waals surface area contributed by atoms with Gasteiger partial charge < -0.3 is 4.74 Å². The smallest absolute Gasteiger partial charge is 0.122 e. The molecule has 1 aromatic carbocycles. The molecular weight excluding hydrogens is 226 g/mol. The van der Waals surface area contributed by atoms with Crippen LogP contribution in [-0.2, 0) is 11.3 Å². The third-order valence-electron chi connectivity index (χ3n) is 3.46.